The van der Waals surface area contributed by atoms with Gasteiger partial charge in [0.15, 0.2) is 0 Å². The van der Waals surface area contributed by atoms with Crippen molar-refractivity contribution >= 4 is 11.4 Å². The zero-order valence-corrected chi connectivity index (χ0v) is 11.2. The minimum absolute atomic E-state index is 0.0167. The van der Waals surface area contributed by atoms with E-state index in [-0.39, 0.29) is 17.8 Å². The number of nitrogens with zero attached hydrogens (tertiary/aromatic N) is 2. The summed E-state index contributed by atoms with van der Waals surface area (Å²) in [6, 6.07) is 12.5. The van der Waals surface area contributed by atoms with Gasteiger partial charge < -0.3 is 0 Å². The lowest BCUT2D eigenvalue weighted by Crippen LogP contribution is -2.24. The predicted octanol–water partition coefficient (Wildman–Crippen LogP) is 4.15. The number of aliphatic imine (C=N–C) groups is 1. The number of nitro benzene ring substituents is 1. The summed E-state index contributed by atoms with van der Waals surface area (Å²) in [6.45, 7) is -0.207. The molecule has 0 aliphatic carbocycles. The fraction of sp³-hybridized carbons (Fsp3) is 0.133. The molecule has 22 heavy (non-hydrogen) atoms. The standard InChI is InChI=1S/C15H11F3N2O2/c16-15(17,18)14(12-4-2-1-3-5-12)19-10-11-6-8-13(9-7-11)20(21)22/h1-9H,10H2. The van der Waals surface area contributed by atoms with E-state index in [1.165, 1.54) is 48.5 Å². The van der Waals surface area contributed by atoms with Crippen LogP contribution in [0.3, 0.4) is 0 Å². The van der Waals surface area contributed by atoms with Crippen molar-refractivity contribution in [3.8, 4) is 0 Å². The average molecular weight is 308 g/mol. The summed E-state index contributed by atoms with van der Waals surface area (Å²) in [5, 5.41) is 10.5. The maximum Gasteiger partial charge on any atom is 0.433 e. The Balaban J connectivity index is 2.26. The fourth-order valence-corrected chi connectivity index (χ4v) is 1.83. The van der Waals surface area contributed by atoms with E-state index in [4.69, 9.17) is 0 Å². The van der Waals surface area contributed by atoms with E-state index in [0.717, 1.165) is 0 Å². The van der Waals surface area contributed by atoms with Crippen molar-refractivity contribution in [1.82, 2.24) is 0 Å². The Morgan fingerprint density at radius 3 is 2.14 bits per heavy atom. The third kappa shape index (κ3) is 3.91. The molecule has 0 spiro atoms. The van der Waals surface area contributed by atoms with Crippen LogP contribution in [0.2, 0.25) is 0 Å². The number of alkyl halides is 3. The van der Waals surface area contributed by atoms with Gasteiger partial charge in [0.25, 0.3) is 5.69 Å². The molecule has 2 rings (SSSR count). The lowest BCUT2D eigenvalue weighted by Gasteiger charge is -2.11. The predicted molar refractivity (Wildman–Crippen MR) is 75.8 cm³/mol. The zero-order chi connectivity index (χ0) is 16.2. The molecule has 0 bridgehead atoms. The number of halogens is 3. The molecule has 0 amide bonds. The van der Waals surface area contributed by atoms with Gasteiger partial charge in [0.05, 0.1) is 11.5 Å². The quantitative estimate of drug-likeness (QED) is 0.484. The molecule has 0 fully saturated rings. The number of benzene rings is 2. The van der Waals surface area contributed by atoms with E-state index in [1.54, 1.807) is 6.07 Å². The molecule has 2 aromatic carbocycles. The molecule has 7 heteroatoms. The highest BCUT2D eigenvalue weighted by Gasteiger charge is 2.36. The SMILES string of the molecule is O=[N+]([O-])c1ccc(CN=C(c2ccccc2)C(F)(F)F)cc1. The molecule has 0 aliphatic heterocycles. The van der Waals surface area contributed by atoms with Crippen molar-refractivity contribution < 1.29 is 18.1 Å². The summed E-state index contributed by atoms with van der Waals surface area (Å²) < 4.78 is 39.2. The molecule has 0 atom stereocenters. The molecular weight excluding hydrogens is 297 g/mol. The number of hydrogen-bond donors (Lipinski definition) is 0. The highest BCUT2D eigenvalue weighted by molar-refractivity contribution is 6.04. The van der Waals surface area contributed by atoms with Crippen molar-refractivity contribution in [2.75, 3.05) is 0 Å². The third-order valence-electron chi connectivity index (χ3n) is 2.88. The second-order valence-corrected chi connectivity index (χ2v) is 4.45. The van der Waals surface area contributed by atoms with Crippen molar-refractivity contribution in [1.29, 1.82) is 0 Å². The Labute approximate surface area is 124 Å². The van der Waals surface area contributed by atoms with Crippen LogP contribution in [0, 0.1) is 10.1 Å². The van der Waals surface area contributed by atoms with Crippen molar-refractivity contribution in [3.63, 3.8) is 0 Å². The molecule has 4 nitrogen and oxygen atoms in total. The Morgan fingerprint density at radius 2 is 1.64 bits per heavy atom. The molecule has 0 aromatic heterocycles. The van der Waals surface area contributed by atoms with Gasteiger partial charge in [-0.3, -0.25) is 15.1 Å². The lowest BCUT2D eigenvalue weighted by molar-refractivity contribution is -0.384. The van der Waals surface area contributed by atoms with Crippen LogP contribution in [0.15, 0.2) is 59.6 Å². The van der Waals surface area contributed by atoms with Gasteiger partial charge in [-0.15, -0.1) is 0 Å². The molecule has 0 radical (unpaired) electrons. The van der Waals surface area contributed by atoms with E-state index in [2.05, 4.69) is 4.99 Å². The first kappa shape index (κ1) is 15.7. The first-order valence-electron chi connectivity index (χ1n) is 6.28. The van der Waals surface area contributed by atoms with E-state index < -0.39 is 16.8 Å². The van der Waals surface area contributed by atoms with Gasteiger partial charge in [0, 0.05) is 17.7 Å². The second kappa shape index (κ2) is 6.38. The Hall–Kier alpha value is -2.70. The van der Waals surface area contributed by atoms with Crippen LogP contribution < -0.4 is 0 Å². The number of nitro groups is 1. The van der Waals surface area contributed by atoms with Gasteiger partial charge in [-0.1, -0.05) is 42.5 Å². The molecule has 0 aliphatic rings. The van der Waals surface area contributed by atoms with Crippen molar-refractivity contribution in [2.24, 2.45) is 4.99 Å². The normalized spacial score (nSPS) is 12.2. The second-order valence-electron chi connectivity index (χ2n) is 4.45. The first-order chi connectivity index (χ1) is 10.4. The summed E-state index contributed by atoms with van der Waals surface area (Å²) >= 11 is 0. The third-order valence-corrected chi connectivity index (χ3v) is 2.88. The van der Waals surface area contributed by atoms with E-state index in [1.807, 2.05) is 0 Å². The van der Waals surface area contributed by atoms with Crippen molar-refractivity contribution in [2.45, 2.75) is 12.7 Å². The Bertz CT molecular complexity index is 680. The summed E-state index contributed by atoms with van der Waals surface area (Å²) in [4.78, 5) is 13.6. The van der Waals surface area contributed by atoms with E-state index >= 15 is 0 Å². The van der Waals surface area contributed by atoms with Crippen LogP contribution in [-0.4, -0.2) is 16.8 Å². The molecular formula is C15H11F3N2O2. The van der Waals surface area contributed by atoms with Crippen LogP contribution in [-0.2, 0) is 6.54 Å². The zero-order valence-electron chi connectivity index (χ0n) is 11.2. The van der Waals surface area contributed by atoms with Gasteiger partial charge in [0.1, 0.15) is 5.71 Å². The van der Waals surface area contributed by atoms with E-state index in [0.29, 0.717) is 5.56 Å². The minimum atomic E-state index is -4.57. The molecule has 0 saturated carbocycles. The minimum Gasteiger partial charge on any atom is -0.275 e. The van der Waals surface area contributed by atoms with Gasteiger partial charge in [-0.05, 0) is 5.56 Å². The highest BCUT2D eigenvalue weighted by atomic mass is 19.4. The first-order valence-corrected chi connectivity index (χ1v) is 6.28. The Morgan fingerprint density at radius 1 is 1.05 bits per heavy atom. The molecule has 0 saturated heterocycles. The average Bonchev–Trinajstić information content (AvgIpc) is 2.47. The maximum absolute atomic E-state index is 13.1. The largest absolute Gasteiger partial charge is 0.433 e. The van der Waals surface area contributed by atoms with Crippen molar-refractivity contribution in [3.05, 3.63) is 75.8 Å². The van der Waals surface area contributed by atoms with Gasteiger partial charge >= 0.3 is 6.18 Å². The smallest absolute Gasteiger partial charge is 0.275 e. The van der Waals surface area contributed by atoms with E-state index in [9.17, 15) is 23.3 Å². The molecule has 114 valence electrons. The Kier molecular flexibility index (Phi) is 4.55. The molecule has 0 heterocycles. The van der Waals surface area contributed by atoms with Crippen LogP contribution in [0.5, 0.6) is 0 Å². The van der Waals surface area contributed by atoms with Crippen LogP contribution >= 0.6 is 0 Å². The van der Waals surface area contributed by atoms with Crippen LogP contribution in [0.4, 0.5) is 18.9 Å². The van der Waals surface area contributed by atoms with Crippen LogP contribution in [0.25, 0.3) is 0 Å². The summed E-state index contributed by atoms with van der Waals surface area (Å²) in [6.07, 6.45) is -4.57. The molecule has 2 aromatic rings. The highest BCUT2D eigenvalue weighted by Crippen LogP contribution is 2.23. The van der Waals surface area contributed by atoms with Crippen LogP contribution in [0.1, 0.15) is 11.1 Å². The molecule has 0 N–H and O–H groups in total. The summed E-state index contributed by atoms with van der Waals surface area (Å²) in [7, 11) is 0. The molecule has 0 unspecified atom stereocenters. The number of non-ortho nitro benzene ring substituents is 1. The maximum atomic E-state index is 13.1. The number of rotatable bonds is 4. The fourth-order valence-electron chi connectivity index (χ4n) is 1.83. The van der Waals surface area contributed by atoms with Gasteiger partial charge in [-0.25, -0.2) is 0 Å². The van der Waals surface area contributed by atoms with Gasteiger partial charge in [-0.2, -0.15) is 13.2 Å². The summed E-state index contributed by atoms with van der Waals surface area (Å²) in [5.74, 6) is 0. The topological polar surface area (TPSA) is 55.5 Å². The monoisotopic (exact) mass is 308 g/mol. The number of hydrogen-bond acceptors (Lipinski definition) is 3. The lowest BCUT2D eigenvalue weighted by atomic mass is 10.1. The summed E-state index contributed by atoms with van der Waals surface area (Å²) in [5.41, 5.74) is -0.640. The van der Waals surface area contributed by atoms with Gasteiger partial charge in [0.2, 0.25) is 0 Å².